The van der Waals surface area contributed by atoms with E-state index in [4.69, 9.17) is 10.7 Å². The van der Waals surface area contributed by atoms with Crippen molar-refractivity contribution in [1.82, 2.24) is 15.2 Å². The third-order valence-electron chi connectivity index (χ3n) is 2.80. The molecule has 0 spiro atoms. The summed E-state index contributed by atoms with van der Waals surface area (Å²) < 4.78 is 47.7. The van der Waals surface area contributed by atoms with E-state index in [1.165, 1.54) is 0 Å². The molecule has 0 atom stereocenters. The molecule has 2 rings (SSSR count). The van der Waals surface area contributed by atoms with E-state index in [1.54, 1.807) is 0 Å². The molecular formula is C8H10ClF2N3O2S. The Hall–Kier alpha value is -0.760. The highest BCUT2D eigenvalue weighted by molar-refractivity contribution is 8.13. The second-order valence-electron chi connectivity index (χ2n) is 4.07. The summed E-state index contributed by atoms with van der Waals surface area (Å²) >= 11 is 0. The van der Waals surface area contributed by atoms with Crippen LogP contribution in [0.2, 0.25) is 0 Å². The van der Waals surface area contributed by atoms with E-state index in [-0.39, 0.29) is 31.6 Å². The summed E-state index contributed by atoms with van der Waals surface area (Å²) in [5.74, 6) is -2.54. The summed E-state index contributed by atoms with van der Waals surface area (Å²) in [4.78, 5) is 3.72. The molecular weight excluding hydrogens is 276 g/mol. The quantitative estimate of drug-likeness (QED) is 0.844. The van der Waals surface area contributed by atoms with Crippen molar-refractivity contribution in [3.8, 4) is 0 Å². The van der Waals surface area contributed by atoms with Gasteiger partial charge in [-0.3, -0.25) is 5.10 Å². The first-order chi connectivity index (χ1) is 7.78. The molecule has 17 heavy (non-hydrogen) atoms. The smallest absolute Gasteiger partial charge is 0.262 e. The number of nitrogens with zero attached hydrogens (tertiary/aromatic N) is 2. The number of aromatic nitrogens is 3. The van der Waals surface area contributed by atoms with Crippen molar-refractivity contribution in [3.63, 3.8) is 0 Å². The molecule has 1 saturated carbocycles. The monoisotopic (exact) mass is 285 g/mol. The third kappa shape index (κ3) is 2.92. The lowest BCUT2D eigenvalue weighted by molar-refractivity contribution is -0.0387. The largest absolute Gasteiger partial charge is 0.298 e. The average molecular weight is 286 g/mol. The first-order valence-corrected chi connectivity index (χ1v) is 7.34. The van der Waals surface area contributed by atoms with Gasteiger partial charge in [0.15, 0.2) is 0 Å². The highest BCUT2D eigenvalue weighted by atomic mass is 35.7. The fraction of sp³-hybridized carbons (Fsp3) is 0.750. The predicted molar refractivity (Wildman–Crippen MR) is 55.6 cm³/mol. The third-order valence-corrected chi connectivity index (χ3v) is 3.84. The highest BCUT2D eigenvalue weighted by Crippen LogP contribution is 2.39. The Labute approximate surface area is 101 Å². The summed E-state index contributed by atoms with van der Waals surface area (Å²) in [6.07, 6.45) is 0.0661. The number of aromatic amines is 1. The Morgan fingerprint density at radius 3 is 2.41 bits per heavy atom. The second-order valence-corrected chi connectivity index (χ2v) is 6.53. The van der Waals surface area contributed by atoms with Gasteiger partial charge in [-0.15, -0.1) is 5.10 Å². The van der Waals surface area contributed by atoms with Crippen LogP contribution in [0.3, 0.4) is 0 Å². The zero-order valence-corrected chi connectivity index (χ0v) is 10.2. The number of hydrogen-bond donors (Lipinski definition) is 1. The maximum Gasteiger partial charge on any atom is 0.298 e. The van der Waals surface area contributed by atoms with Crippen LogP contribution in [-0.4, -0.2) is 29.5 Å². The molecule has 0 amide bonds. The van der Waals surface area contributed by atoms with E-state index in [9.17, 15) is 17.2 Å². The van der Waals surface area contributed by atoms with Crippen LogP contribution in [0, 0.1) is 0 Å². The van der Waals surface area contributed by atoms with Gasteiger partial charge in [-0.1, -0.05) is 0 Å². The molecule has 0 radical (unpaired) electrons. The molecule has 1 N–H and O–H groups in total. The van der Waals surface area contributed by atoms with Crippen LogP contribution in [0.15, 0.2) is 5.16 Å². The summed E-state index contributed by atoms with van der Waals surface area (Å²) in [6.45, 7) is 0. The number of alkyl halides is 2. The van der Waals surface area contributed by atoms with Gasteiger partial charge in [0.05, 0.1) is 0 Å². The Morgan fingerprint density at radius 1 is 1.35 bits per heavy atom. The van der Waals surface area contributed by atoms with Crippen molar-refractivity contribution >= 4 is 19.7 Å². The molecule has 5 nitrogen and oxygen atoms in total. The lowest BCUT2D eigenvalue weighted by Crippen LogP contribution is -2.24. The topological polar surface area (TPSA) is 75.7 Å². The lowest BCUT2D eigenvalue weighted by atomic mass is 9.86. The van der Waals surface area contributed by atoms with Gasteiger partial charge in [-0.05, 0) is 12.8 Å². The molecule has 0 aromatic carbocycles. The molecule has 1 aliphatic carbocycles. The first kappa shape index (κ1) is 12.7. The summed E-state index contributed by atoms with van der Waals surface area (Å²) in [6, 6.07) is 0. The van der Waals surface area contributed by atoms with Crippen molar-refractivity contribution in [1.29, 1.82) is 0 Å². The highest BCUT2D eigenvalue weighted by Gasteiger charge is 2.36. The van der Waals surface area contributed by atoms with Gasteiger partial charge in [-0.2, -0.15) is 0 Å². The van der Waals surface area contributed by atoms with Crippen LogP contribution in [-0.2, 0) is 9.05 Å². The molecule has 1 aromatic heterocycles. The van der Waals surface area contributed by atoms with Gasteiger partial charge in [-0.25, -0.2) is 22.2 Å². The second kappa shape index (κ2) is 4.16. The van der Waals surface area contributed by atoms with Crippen LogP contribution < -0.4 is 0 Å². The van der Waals surface area contributed by atoms with Crippen LogP contribution in [0.25, 0.3) is 0 Å². The van der Waals surface area contributed by atoms with E-state index in [0.29, 0.717) is 5.82 Å². The van der Waals surface area contributed by atoms with E-state index < -0.39 is 20.1 Å². The fourth-order valence-corrected chi connectivity index (χ4v) is 2.43. The molecule has 0 aliphatic heterocycles. The molecule has 0 saturated heterocycles. The minimum atomic E-state index is -3.97. The number of halogens is 3. The van der Waals surface area contributed by atoms with Gasteiger partial charge >= 0.3 is 0 Å². The van der Waals surface area contributed by atoms with Gasteiger partial charge in [0.1, 0.15) is 5.82 Å². The summed E-state index contributed by atoms with van der Waals surface area (Å²) in [5, 5.41) is 5.39. The maximum absolute atomic E-state index is 12.9. The van der Waals surface area contributed by atoms with Gasteiger partial charge in [0.2, 0.25) is 5.92 Å². The molecule has 0 bridgehead atoms. The zero-order valence-electron chi connectivity index (χ0n) is 8.66. The van der Waals surface area contributed by atoms with Crippen LogP contribution >= 0.6 is 10.7 Å². The minimum Gasteiger partial charge on any atom is -0.262 e. The van der Waals surface area contributed by atoms with Crippen molar-refractivity contribution in [2.75, 3.05) is 0 Å². The Morgan fingerprint density at radius 2 is 1.94 bits per heavy atom. The number of rotatable bonds is 2. The van der Waals surface area contributed by atoms with Gasteiger partial charge in [0, 0.05) is 29.4 Å². The first-order valence-electron chi connectivity index (χ1n) is 5.03. The van der Waals surface area contributed by atoms with E-state index >= 15 is 0 Å². The molecule has 96 valence electrons. The lowest BCUT2D eigenvalue weighted by Gasteiger charge is -2.26. The molecule has 9 heteroatoms. The zero-order chi connectivity index (χ0) is 12.7. The predicted octanol–water partition coefficient (Wildman–Crippen LogP) is 2.03. The standard InChI is InChI=1S/C8H10ClF2N3O2S/c9-17(15,16)7-12-6(13-14-7)5-1-3-8(10,11)4-2-5/h5H,1-4H2,(H,12,13,14). The van der Waals surface area contributed by atoms with Crippen molar-refractivity contribution in [2.45, 2.75) is 42.7 Å². The van der Waals surface area contributed by atoms with Crippen molar-refractivity contribution in [3.05, 3.63) is 5.82 Å². The number of H-pyrrole nitrogens is 1. The number of nitrogens with one attached hydrogen (secondary N) is 1. The summed E-state index contributed by atoms with van der Waals surface area (Å²) in [7, 11) is 1.09. The van der Waals surface area contributed by atoms with Gasteiger partial charge in [0.25, 0.3) is 14.2 Å². The Bertz CT molecular complexity index is 507. The van der Waals surface area contributed by atoms with Crippen molar-refractivity contribution in [2.24, 2.45) is 0 Å². The summed E-state index contributed by atoms with van der Waals surface area (Å²) in [5.41, 5.74) is 0. The van der Waals surface area contributed by atoms with Crippen LogP contribution in [0.4, 0.5) is 8.78 Å². The van der Waals surface area contributed by atoms with E-state index in [0.717, 1.165) is 0 Å². The SMILES string of the molecule is O=S(=O)(Cl)c1n[nH]c(C2CCC(F)(F)CC2)n1. The van der Waals surface area contributed by atoms with Crippen molar-refractivity contribution < 1.29 is 17.2 Å². The normalized spacial score (nSPS) is 21.6. The molecule has 1 aliphatic rings. The number of hydrogen-bond acceptors (Lipinski definition) is 4. The molecule has 1 fully saturated rings. The minimum absolute atomic E-state index is 0.214. The Balaban J connectivity index is 2.12. The van der Waals surface area contributed by atoms with Gasteiger partial charge < -0.3 is 0 Å². The van der Waals surface area contributed by atoms with E-state index in [2.05, 4.69) is 15.2 Å². The molecule has 1 heterocycles. The molecule has 0 unspecified atom stereocenters. The molecule has 1 aromatic rings. The fourth-order valence-electron chi connectivity index (χ4n) is 1.86. The average Bonchev–Trinajstić information content (AvgIpc) is 2.66. The Kier molecular flexibility index (Phi) is 3.11. The van der Waals surface area contributed by atoms with E-state index in [1.807, 2.05) is 0 Å². The van der Waals surface area contributed by atoms with Crippen LogP contribution in [0.1, 0.15) is 37.4 Å². The maximum atomic E-state index is 12.9. The van der Waals surface area contributed by atoms with Crippen LogP contribution in [0.5, 0.6) is 0 Å².